The fourth-order valence-electron chi connectivity index (χ4n) is 1.87. The summed E-state index contributed by atoms with van der Waals surface area (Å²) in [6, 6.07) is 8.16. The van der Waals surface area contributed by atoms with Gasteiger partial charge in [0.2, 0.25) is 0 Å². The fraction of sp³-hybridized carbons (Fsp3) is 0.188. The van der Waals surface area contributed by atoms with Gasteiger partial charge in [0, 0.05) is 12.2 Å². The number of nitrogens with zero attached hydrogens (tertiary/aromatic N) is 1. The summed E-state index contributed by atoms with van der Waals surface area (Å²) in [5.74, 6) is -0.691. The smallest absolute Gasteiger partial charge is 0.257 e. The van der Waals surface area contributed by atoms with Crippen molar-refractivity contribution in [3.8, 4) is 0 Å². The van der Waals surface area contributed by atoms with E-state index in [1.807, 2.05) is 13.8 Å². The van der Waals surface area contributed by atoms with Gasteiger partial charge in [0.25, 0.3) is 11.8 Å². The standard InChI is InChI=1S/C16H15Cl2N3O2/c1-9(2)20-16(23)11-5-3-4-6-13(11)21-15(22)10-7-12(17)14(18)19-8-10/h3-9H,1-2H3,(H,20,23)(H,21,22). The number of hydrogen-bond acceptors (Lipinski definition) is 3. The van der Waals surface area contributed by atoms with Gasteiger partial charge in [-0.15, -0.1) is 0 Å². The Morgan fingerprint density at radius 3 is 2.48 bits per heavy atom. The van der Waals surface area contributed by atoms with Crippen LogP contribution in [0.3, 0.4) is 0 Å². The number of carbonyl (C=O) groups is 2. The third kappa shape index (κ3) is 4.43. The van der Waals surface area contributed by atoms with Gasteiger partial charge in [-0.1, -0.05) is 35.3 Å². The van der Waals surface area contributed by atoms with Gasteiger partial charge in [0.1, 0.15) is 5.15 Å². The maximum Gasteiger partial charge on any atom is 0.257 e. The van der Waals surface area contributed by atoms with E-state index in [0.29, 0.717) is 11.3 Å². The summed E-state index contributed by atoms with van der Waals surface area (Å²) in [6.07, 6.45) is 1.32. The molecule has 2 N–H and O–H groups in total. The number of carbonyl (C=O) groups excluding carboxylic acids is 2. The molecule has 0 aliphatic heterocycles. The first-order valence-electron chi connectivity index (χ1n) is 6.90. The van der Waals surface area contributed by atoms with E-state index in [1.165, 1.54) is 12.3 Å². The molecule has 0 aliphatic carbocycles. The topological polar surface area (TPSA) is 71.1 Å². The molecule has 1 aromatic heterocycles. The monoisotopic (exact) mass is 351 g/mol. The van der Waals surface area contributed by atoms with Gasteiger partial charge < -0.3 is 10.6 Å². The number of hydrogen-bond donors (Lipinski definition) is 2. The fourth-order valence-corrected chi connectivity index (χ4v) is 2.14. The molecule has 120 valence electrons. The molecule has 2 rings (SSSR count). The Kier molecular flexibility index (Phi) is 5.58. The minimum atomic E-state index is -0.430. The second-order valence-corrected chi connectivity index (χ2v) is 5.89. The van der Waals surface area contributed by atoms with Crippen molar-refractivity contribution in [1.82, 2.24) is 10.3 Å². The second-order valence-electron chi connectivity index (χ2n) is 5.12. The highest BCUT2D eigenvalue weighted by Crippen LogP contribution is 2.21. The minimum Gasteiger partial charge on any atom is -0.350 e. The zero-order valence-corrected chi connectivity index (χ0v) is 14.1. The molecule has 0 radical (unpaired) electrons. The van der Waals surface area contributed by atoms with Crippen molar-refractivity contribution in [2.24, 2.45) is 0 Å². The molecule has 0 atom stereocenters. The highest BCUT2D eigenvalue weighted by atomic mass is 35.5. The minimum absolute atomic E-state index is 0.00877. The molecule has 1 aromatic carbocycles. The van der Waals surface area contributed by atoms with E-state index in [0.717, 1.165) is 0 Å². The molecule has 2 aromatic rings. The first-order chi connectivity index (χ1) is 10.9. The van der Waals surface area contributed by atoms with Gasteiger partial charge in [0.05, 0.1) is 21.8 Å². The lowest BCUT2D eigenvalue weighted by atomic mass is 10.1. The predicted octanol–water partition coefficient (Wildman–Crippen LogP) is 3.78. The summed E-state index contributed by atoms with van der Waals surface area (Å²) in [5.41, 5.74) is 1.03. The van der Waals surface area contributed by atoms with E-state index in [4.69, 9.17) is 23.2 Å². The largest absolute Gasteiger partial charge is 0.350 e. The van der Waals surface area contributed by atoms with Crippen molar-refractivity contribution in [2.45, 2.75) is 19.9 Å². The van der Waals surface area contributed by atoms with Gasteiger partial charge in [0.15, 0.2) is 0 Å². The molecule has 23 heavy (non-hydrogen) atoms. The zero-order chi connectivity index (χ0) is 17.0. The number of benzene rings is 1. The number of pyridine rings is 1. The SMILES string of the molecule is CC(C)NC(=O)c1ccccc1NC(=O)c1cnc(Cl)c(Cl)c1. The average Bonchev–Trinajstić information content (AvgIpc) is 2.49. The number of rotatable bonds is 4. The highest BCUT2D eigenvalue weighted by molar-refractivity contribution is 6.41. The third-order valence-corrected chi connectivity index (χ3v) is 3.58. The Morgan fingerprint density at radius 1 is 1.13 bits per heavy atom. The van der Waals surface area contributed by atoms with E-state index >= 15 is 0 Å². The Hall–Kier alpha value is -2.11. The first-order valence-corrected chi connectivity index (χ1v) is 7.66. The average molecular weight is 352 g/mol. The lowest BCUT2D eigenvalue weighted by Gasteiger charge is -2.13. The second kappa shape index (κ2) is 7.44. The predicted molar refractivity (Wildman–Crippen MR) is 91.3 cm³/mol. The Balaban J connectivity index is 2.24. The maximum absolute atomic E-state index is 12.3. The van der Waals surface area contributed by atoms with Crippen LogP contribution in [0.15, 0.2) is 36.5 Å². The van der Waals surface area contributed by atoms with Crippen LogP contribution >= 0.6 is 23.2 Å². The molecule has 5 nitrogen and oxygen atoms in total. The quantitative estimate of drug-likeness (QED) is 0.823. The van der Waals surface area contributed by atoms with Crippen LogP contribution in [0.25, 0.3) is 0 Å². The molecule has 0 spiro atoms. The summed E-state index contributed by atoms with van der Waals surface area (Å²) in [5, 5.41) is 5.78. The third-order valence-electron chi connectivity index (χ3n) is 2.90. The molecule has 0 fully saturated rings. The number of amides is 2. The van der Waals surface area contributed by atoms with Crippen molar-refractivity contribution in [1.29, 1.82) is 0 Å². The molecule has 0 aliphatic rings. The normalized spacial score (nSPS) is 10.5. The first kappa shape index (κ1) is 17.2. The highest BCUT2D eigenvalue weighted by Gasteiger charge is 2.15. The van der Waals surface area contributed by atoms with E-state index < -0.39 is 5.91 Å². The Bertz CT molecular complexity index is 748. The molecule has 0 saturated carbocycles. The van der Waals surface area contributed by atoms with Crippen LogP contribution in [0.4, 0.5) is 5.69 Å². The molecule has 2 amide bonds. The molecule has 7 heteroatoms. The van der Waals surface area contributed by atoms with Crippen molar-refractivity contribution < 1.29 is 9.59 Å². The van der Waals surface area contributed by atoms with Crippen LogP contribution in [-0.4, -0.2) is 22.8 Å². The number of halogens is 2. The lowest BCUT2D eigenvalue weighted by molar-refractivity contribution is 0.0944. The van der Waals surface area contributed by atoms with Crippen molar-refractivity contribution in [2.75, 3.05) is 5.32 Å². The molecular weight excluding hydrogens is 337 g/mol. The summed E-state index contributed by atoms with van der Waals surface area (Å²) < 4.78 is 0. The van der Waals surface area contributed by atoms with Gasteiger partial charge in [-0.2, -0.15) is 0 Å². The van der Waals surface area contributed by atoms with E-state index in [1.54, 1.807) is 24.3 Å². The molecular formula is C16H15Cl2N3O2. The number of anilines is 1. The van der Waals surface area contributed by atoms with Gasteiger partial charge in [-0.05, 0) is 32.0 Å². The van der Waals surface area contributed by atoms with Crippen LogP contribution in [0.2, 0.25) is 10.2 Å². The molecule has 0 unspecified atom stereocenters. The summed E-state index contributed by atoms with van der Waals surface area (Å²) in [7, 11) is 0. The summed E-state index contributed by atoms with van der Waals surface area (Å²) in [6.45, 7) is 3.72. The van der Waals surface area contributed by atoms with Crippen LogP contribution in [-0.2, 0) is 0 Å². The van der Waals surface area contributed by atoms with Crippen molar-refractivity contribution >= 4 is 40.7 Å². The number of aromatic nitrogens is 1. The maximum atomic E-state index is 12.3. The van der Waals surface area contributed by atoms with Crippen LogP contribution < -0.4 is 10.6 Å². The van der Waals surface area contributed by atoms with Crippen LogP contribution in [0, 0.1) is 0 Å². The Labute approximate surface area is 144 Å². The van der Waals surface area contributed by atoms with E-state index in [-0.39, 0.29) is 27.7 Å². The van der Waals surface area contributed by atoms with Gasteiger partial charge >= 0.3 is 0 Å². The molecule has 0 bridgehead atoms. The number of para-hydroxylation sites is 1. The van der Waals surface area contributed by atoms with Crippen LogP contribution in [0.1, 0.15) is 34.6 Å². The molecule has 1 heterocycles. The van der Waals surface area contributed by atoms with E-state index in [2.05, 4.69) is 15.6 Å². The molecule has 0 saturated heterocycles. The lowest BCUT2D eigenvalue weighted by Crippen LogP contribution is -2.31. The van der Waals surface area contributed by atoms with Crippen molar-refractivity contribution in [3.63, 3.8) is 0 Å². The number of nitrogens with one attached hydrogen (secondary N) is 2. The van der Waals surface area contributed by atoms with Crippen LogP contribution in [0.5, 0.6) is 0 Å². The Morgan fingerprint density at radius 2 is 1.83 bits per heavy atom. The zero-order valence-electron chi connectivity index (χ0n) is 12.6. The van der Waals surface area contributed by atoms with E-state index in [9.17, 15) is 9.59 Å². The summed E-state index contributed by atoms with van der Waals surface area (Å²) >= 11 is 11.6. The van der Waals surface area contributed by atoms with Crippen molar-refractivity contribution in [3.05, 3.63) is 57.8 Å². The van der Waals surface area contributed by atoms with Gasteiger partial charge in [-0.25, -0.2) is 4.98 Å². The van der Waals surface area contributed by atoms with Gasteiger partial charge in [-0.3, -0.25) is 9.59 Å². The summed E-state index contributed by atoms with van der Waals surface area (Å²) in [4.78, 5) is 28.3.